The van der Waals surface area contributed by atoms with Crippen molar-refractivity contribution in [1.29, 1.82) is 0 Å². The van der Waals surface area contributed by atoms with E-state index in [2.05, 4.69) is 15.1 Å². The molecule has 0 N–H and O–H groups in total. The van der Waals surface area contributed by atoms with Crippen LogP contribution in [0.15, 0.2) is 18.3 Å². The van der Waals surface area contributed by atoms with Crippen LogP contribution in [0, 0.1) is 19.8 Å². The minimum absolute atomic E-state index is 0.00140. The smallest absolute Gasteiger partial charge is 0.216 e. The summed E-state index contributed by atoms with van der Waals surface area (Å²) in [4.78, 5) is 8.83. The Bertz CT molecular complexity index is 651. The predicted molar refractivity (Wildman–Crippen MR) is 74.6 cm³/mol. The topological polar surface area (TPSA) is 43.6 Å². The van der Waals surface area contributed by atoms with Gasteiger partial charge in [-0.1, -0.05) is 0 Å². The summed E-state index contributed by atoms with van der Waals surface area (Å²) in [6.45, 7) is 3.78. The number of hydrogen-bond donors (Lipinski definition) is 0. The van der Waals surface area contributed by atoms with Crippen LogP contribution in [0.5, 0.6) is 0 Å². The lowest BCUT2D eigenvalue weighted by Crippen LogP contribution is -2.12. The van der Waals surface area contributed by atoms with Crippen molar-refractivity contribution in [2.24, 2.45) is 5.92 Å². The van der Waals surface area contributed by atoms with E-state index in [1.165, 1.54) is 0 Å². The van der Waals surface area contributed by atoms with E-state index < -0.39 is 5.92 Å². The number of alkyl halides is 2. The van der Waals surface area contributed by atoms with Crippen LogP contribution >= 0.6 is 0 Å². The van der Waals surface area contributed by atoms with E-state index in [1.54, 1.807) is 10.9 Å². The molecule has 112 valence electrons. The Balaban J connectivity index is 1.82. The second-order valence-corrected chi connectivity index (χ2v) is 5.87. The molecule has 1 aliphatic rings. The Morgan fingerprint density at radius 2 is 2.10 bits per heavy atom. The van der Waals surface area contributed by atoms with Crippen LogP contribution in [0.2, 0.25) is 0 Å². The summed E-state index contributed by atoms with van der Waals surface area (Å²) in [5.74, 6) is -2.00. The predicted octanol–water partition coefficient (Wildman–Crippen LogP) is 3.26. The number of halogens is 2. The number of hydrogen-bond acceptors (Lipinski definition) is 3. The summed E-state index contributed by atoms with van der Waals surface area (Å²) in [5.41, 5.74) is 2.53. The lowest BCUT2D eigenvalue weighted by atomic mass is 10.0. The van der Waals surface area contributed by atoms with Crippen molar-refractivity contribution in [2.45, 2.75) is 45.5 Å². The Hall–Kier alpha value is -1.85. The third kappa shape index (κ3) is 3.25. The van der Waals surface area contributed by atoms with Gasteiger partial charge in [-0.2, -0.15) is 5.10 Å². The molecule has 1 atom stereocenters. The van der Waals surface area contributed by atoms with Gasteiger partial charge in [-0.25, -0.2) is 23.4 Å². The van der Waals surface area contributed by atoms with Gasteiger partial charge in [0, 0.05) is 30.4 Å². The van der Waals surface area contributed by atoms with Crippen LogP contribution in [0.1, 0.15) is 36.3 Å². The van der Waals surface area contributed by atoms with Gasteiger partial charge >= 0.3 is 0 Å². The maximum atomic E-state index is 13.3. The lowest BCUT2D eigenvalue weighted by Gasteiger charge is -2.11. The van der Waals surface area contributed by atoms with Gasteiger partial charge in [-0.15, -0.1) is 0 Å². The zero-order valence-corrected chi connectivity index (χ0v) is 12.2. The van der Waals surface area contributed by atoms with Gasteiger partial charge in [0.2, 0.25) is 5.92 Å². The zero-order valence-electron chi connectivity index (χ0n) is 12.2. The van der Waals surface area contributed by atoms with E-state index in [0.29, 0.717) is 18.8 Å². The quantitative estimate of drug-likeness (QED) is 0.872. The van der Waals surface area contributed by atoms with Crippen LogP contribution in [-0.2, 0) is 6.42 Å². The van der Waals surface area contributed by atoms with E-state index in [4.69, 9.17) is 0 Å². The van der Waals surface area contributed by atoms with Crippen molar-refractivity contribution in [3.05, 3.63) is 35.4 Å². The SMILES string of the molecule is Cc1cc(CC2CCC(F)(F)C2)nc(-n2ccc(C)n2)n1. The average Bonchev–Trinajstić information content (AvgIpc) is 2.95. The zero-order chi connectivity index (χ0) is 15.0. The molecule has 0 saturated heterocycles. The highest BCUT2D eigenvalue weighted by Gasteiger charge is 2.39. The molecule has 6 heteroatoms. The first kappa shape index (κ1) is 14.1. The molecule has 1 fully saturated rings. The Kier molecular flexibility index (Phi) is 3.47. The summed E-state index contributed by atoms with van der Waals surface area (Å²) in [6, 6.07) is 3.75. The summed E-state index contributed by atoms with van der Waals surface area (Å²) >= 11 is 0. The van der Waals surface area contributed by atoms with Crippen molar-refractivity contribution in [1.82, 2.24) is 19.7 Å². The fourth-order valence-electron chi connectivity index (χ4n) is 2.86. The van der Waals surface area contributed by atoms with E-state index >= 15 is 0 Å². The van der Waals surface area contributed by atoms with Gasteiger partial charge in [-0.05, 0) is 44.7 Å². The van der Waals surface area contributed by atoms with Gasteiger partial charge in [0.1, 0.15) is 0 Å². The van der Waals surface area contributed by atoms with Crippen molar-refractivity contribution >= 4 is 0 Å². The molecular formula is C15H18F2N4. The third-order valence-corrected chi connectivity index (χ3v) is 3.83. The van der Waals surface area contributed by atoms with Crippen LogP contribution < -0.4 is 0 Å². The molecule has 21 heavy (non-hydrogen) atoms. The van der Waals surface area contributed by atoms with Crippen molar-refractivity contribution < 1.29 is 8.78 Å². The van der Waals surface area contributed by atoms with E-state index in [0.717, 1.165) is 17.1 Å². The molecule has 2 aromatic heterocycles. The Morgan fingerprint density at radius 3 is 2.71 bits per heavy atom. The van der Waals surface area contributed by atoms with Crippen molar-refractivity contribution in [2.75, 3.05) is 0 Å². The molecule has 1 unspecified atom stereocenters. The number of nitrogens with zero attached hydrogens (tertiary/aromatic N) is 4. The molecule has 0 aliphatic heterocycles. The van der Waals surface area contributed by atoms with Crippen molar-refractivity contribution in [3.63, 3.8) is 0 Å². The molecule has 0 amide bonds. The molecular weight excluding hydrogens is 274 g/mol. The fraction of sp³-hybridized carbons (Fsp3) is 0.533. The molecule has 2 heterocycles. The molecule has 2 aromatic rings. The highest BCUT2D eigenvalue weighted by molar-refractivity contribution is 5.19. The van der Waals surface area contributed by atoms with Crippen LogP contribution in [0.3, 0.4) is 0 Å². The number of rotatable bonds is 3. The molecule has 3 rings (SSSR count). The molecule has 0 bridgehead atoms. The summed E-state index contributed by atoms with van der Waals surface area (Å²) in [5, 5.41) is 4.29. The minimum atomic E-state index is -2.51. The maximum Gasteiger partial charge on any atom is 0.250 e. The molecule has 1 saturated carbocycles. The van der Waals surface area contributed by atoms with Gasteiger partial charge in [0.15, 0.2) is 0 Å². The summed E-state index contributed by atoms with van der Waals surface area (Å²) in [7, 11) is 0. The lowest BCUT2D eigenvalue weighted by molar-refractivity contribution is 0.00505. The van der Waals surface area contributed by atoms with Crippen LogP contribution in [0.25, 0.3) is 5.95 Å². The second kappa shape index (κ2) is 5.16. The first-order chi connectivity index (χ1) is 9.91. The summed E-state index contributed by atoms with van der Waals surface area (Å²) in [6.07, 6.45) is 2.90. The van der Waals surface area contributed by atoms with Gasteiger partial charge in [0.05, 0.1) is 5.69 Å². The second-order valence-electron chi connectivity index (χ2n) is 5.87. The molecule has 1 aliphatic carbocycles. The van der Waals surface area contributed by atoms with E-state index in [9.17, 15) is 8.78 Å². The highest BCUT2D eigenvalue weighted by atomic mass is 19.3. The third-order valence-electron chi connectivity index (χ3n) is 3.83. The first-order valence-electron chi connectivity index (χ1n) is 7.16. The van der Waals surface area contributed by atoms with Gasteiger partial charge in [-0.3, -0.25) is 0 Å². The van der Waals surface area contributed by atoms with Gasteiger partial charge < -0.3 is 0 Å². The highest BCUT2D eigenvalue weighted by Crippen LogP contribution is 2.40. The minimum Gasteiger partial charge on any atom is -0.216 e. The fourth-order valence-corrected chi connectivity index (χ4v) is 2.86. The Labute approximate surface area is 122 Å². The maximum absolute atomic E-state index is 13.3. The largest absolute Gasteiger partial charge is 0.250 e. The molecule has 4 nitrogen and oxygen atoms in total. The molecule has 0 spiro atoms. The van der Waals surface area contributed by atoms with Crippen LogP contribution in [-0.4, -0.2) is 25.7 Å². The van der Waals surface area contributed by atoms with Crippen molar-refractivity contribution in [3.8, 4) is 5.95 Å². The van der Waals surface area contributed by atoms with Crippen LogP contribution in [0.4, 0.5) is 8.78 Å². The van der Waals surface area contributed by atoms with E-state index in [-0.39, 0.29) is 18.8 Å². The first-order valence-corrected chi connectivity index (χ1v) is 7.16. The normalized spacial score (nSPS) is 20.9. The average molecular weight is 292 g/mol. The van der Waals surface area contributed by atoms with E-state index in [1.807, 2.05) is 26.0 Å². The molecule has 0 radical (unpaired) electrons. The number of aromatic nitrogens is 4. The standard InChI is InChI=1S/C15H18F2N4/c1-10-4-6-21(20-10)14-18-11(2)7-13(19-14)8-12-3-5-15(16,17)9-12/h4,6-7,12H,3,5,8-9H2,1-2H3. The monoisotopic (exact) mass is 292 g/mol. The Morgan fingerprint density at radius 1 is 1.29 bits per heavy atom. The number of aryl methyl sites for hydroxylation is 2. The van der Waals surface area contributed by atoms with Gasteiger partial charge in [0.25, 0.3) is 5.95 Å². The summed E-state index contributed by atoms with van der Waals surface area (Å²) < 4.78 is 28.2. The molecule has 0 aromatic carbocycles.